The fourth-order valence-electron chi connectivity index (χ4n) is 1.01. The molecule has 0 radical (unpaired) electrons. The number of aromatic nitrogens is 3. The Balaban J connectivity index is 0. The first-order chi connectivity index (χ1) is 5.24. The molecule has 0 aliphatic carbocycles. The molecule has 6 heteroatoms. The molecule has 0 bridgehead atoms. The van der Waals surface area contributed by atoms with E-state index in [1.54, 1.807) is 0 Å². The molecular formula is C7H16Cl2N4. The zero-order valence-corrected chi connectivity index (χ0v) is 9.49. The lowest BCUT2D eigenvalue weighted by molar-refractivity contribution is 0.565. The number of hydrogen-bond acceptors (Lipinski definition) is 3. The van der Waals surface area contributed by atoms with Crippen LogP contribution in [0.3, 0.4) is 0 Å². The van der Waals surface area contributed by atoms with Gasteiger partial charge in [-0.25, -0.2) is 4.98 Å². The molecule has 1 aromatic heterocycles. The van der Waals surface area contributed by atoms with Crippen molar-refractivity contribution >= 4 is 24.8 Å². The molecule has 0 aliphatic heterocycles. The number of aryl methyl sites for hydroxylation is 3. The van der Waals surface area contributed by atoms with Gasteiger partial charge in [0, 0.05) is 6.54 Å². The summed E-state index contributed by atoms with van der Waals surface area (Å²) in [4.78, 5) is 4.18. The van der Waals surface area contributed by atoms with Gasteiger partial charge >= 0.3 is 0 Å². The van der Waals surface area contributed by atoms with Gasteiger partial charge in [0.1, 0.15) is 11.6 Å². The summed E-state index contributed by atoms with van der Waals surface area (Å²) in [6, 6.07) is 0. The molecular weight excluding hydrogens is 211 g/mol. The predicted octanol–water partition coefficient (Wildman–Crippen LogP) is 1.09. The zero-order valence-electron chi connectivity index (χ0n) is 7.86. The van der Waals surface area contributed by atoms with Crippen molar-refractivity contribution < 1.29 is 0 Å². The summed E-state index contributed by atoms with van der Waals surface area (Å²) >= 11 is 0. The second-order valence-corrected chi connectivity index (χ2v) is 2.57. The topological polar surface area (TPSA) is 56.7 Å². The Bertz CT molecular complexity index is 236. The molecule has 0 atom stereocenters. The third-order valence-electron chi connectivity index (χ3n) is 1.54. The SMILES string of the molecule is Cc1nc(C)n(CCCN)n1.Cl.Cl. The van der Waals surface area contributed by atoms with Gasteiger partial charge in [0.05, 0.1) is 0 Å². The van der Waals surface area contributed by atoms with E-state index < -0.39 is 0 Å². The van der Waals surface area contributed by atoms with Crippen LogP contribution in [0.15, 0.2) is 0 Å². The summed E-state index contributed by atoms with van der Waals surface area (Å²) in [5.74, 6) is 1.80. The largest absolute Gasteiger partial charge is 0.330 e. The molecule has 78 valence electrons. The van der Waals surface area contributed by atoms with Crippen LogP contribution in [0.2, 0.25) is 0 Å². The first-order valence-corrected chi connectivity index (χ1v) is 3.82. The van der Waals surface area contributed by atoms with Gasteiger partial charge in [-0.15, -0.1) is 24.8 Å². The molecule has 1 heterocycles. The first-order valence-electron chi connectivity index (χ1n) is 3.82. The van der Waals surface area contributed by atoms with Crippen LogP contribution in [0.1, 0.15) is 18.1 Å². The summed E-state index contributed by atoms with van der Waals surface area (Å²) < 4.78 is 1.89. The normalized spacial score (nSPS) is 8.85. The maximum Gasteiger partial charge on any atom is 0.147 e. The van der Waals surface area contributed by atoms with E-state index in [1.807, 2.05) is 18.5 Å². The zero-order chi connectivity index (χ0) is 8.27. The third-order valence-corrected chi connectivity index (χ3v) is 1.54. The van der Waals surface area contributed by atoms with Crippen LogP contribution in [0.5, 0.6) is 0 Å². The lowest BCUT2D eigenvalue weighted by Crippen LogP contribution is -2.08. The Labute approximate surface area is 90.7 Å². The van der Waals surface area contributed by atoms with E-state index in [1.165, 1.54) is 0 Å². The van der Waals surface area contributed by atoms with Gasteiger partial charge in [0.2, 0.25) is 0 Å². The summed E-state index contributed by atoms with van der Waals surface area (Å²) in [6.45, 7) is 5.43. The van der Waals surface area contributed by atoms with Gasteiger partial charge in [-0.2, -0.15) is 5.10 Å². The van der Waals surface area contributed by atoms with Gasteiger partial charge in [-0.3, -0.25) is 4.68 Å². The highest BCUT2D eigenvalue weighted by atomic mass is 35.5. The van der Waals surface area contributed by atoms with E-state index in [0.29, 0.717) is 6.54 Å². The Kier molecular flexibility index (Phi) is 8.30. The van der Waals surface area contributed by atoms with Crippen LogP contribution in [-0.4, -0.2) is 21.3 Å². The number of rotatable bonds is 3. The molecule has 2 N–H and O–H groups in total. The van der Waals surface area contributed by atoms with Crippen molar-refractivity contribution in [3.05, 3.63) is 11.6 Å². The molecule has 4 nitrogen and oxygen atoms in total. The highest BCUT2D eigenvalue weighted by molar-refractivity contribution is 5.85. The van der Waals surface area contributed by atoms with Gasteiger partial charge in [0.25, 0.3) is 0 Å². The number of nitrogens with two attached hydrogens (primary N) is 1. The Hall–Kier alpha value is -0.320. The molecule has 0 amide bonds. The summed E-state index contributed by atoms with van der Waals surface area (Å²) in [6.07, 6.45) is 0.962. The molecule has 0 aliphatic rings. The molecule has 0 fully saturated rings. The van der Waals surface area contributed by atoms with Gasteiger partial charge < -0.3 is 5.73 Å². The maximum absolute atomic E-state index is 5.37. The van der Waals surface area contributed by atoms with Crippen LogP contribution in [-0.2, 0) is 6.54 Å². The van der Waals surface area contributed by atoms with E-state index in [2.05, 4.69) is 10.1 Å². The highest BCUT2D eigenvalue weighted by Gasteiger charge is 1.99. The maximum atomic E-state index is 5.37. The number of hydrogen-bond donors (Lipinski definition) is 1. The van der Waals surface area contributed by atoms with Crippen molar-refractivity contribution in [2.45, 2.75) is 26.8 Å². The standard InChI is InChI=1S/C7H14N4.2ClH/c1-6-9-7(2)11(10-6)5-3-4-8;;/h3-5,8H2,1-2H3;2*1H. The molecule has 0 aromatic carbocycles. The average Bonchev–Trinajstić information content (AvgIpc) is 2.26. The van der Waals surface area contributed by atoms with E-state index in [0.717, 1.165) is 24.6 Å². The summed E-state index contributed by atoms with van der Waals surface area (Å²) in [5, 5.41) is 4.20. The van der Waals surface area contributed by atoms with E-state index >= 15 is 0 Å². The summed E-state index contributed by atoms with van der Waals surface area (Å²) in [7, 11) is 0. The van der Waals surface area contributed by atoms with E-state index in [4.69, 9.17) is 5.73 Å². The van der Waals surface area contributed by atoms with Crippen molar-refractivity contribution in [1.82, 2.24) is 14.8 Å². The van der Waals surface area contributed by atoms with Gasteiger partial charge in [-0.1, -0.05) is 0 Å². The molecule has 0 saturated heterocycles. The van der Waals surface area contributed by atoms with Crippen LogP contribution in [0.4, 0.5) is 0 Å². The molecule has 0 spiro atoms. The van der Waals surface area contributed by atoms with Crippen molar-refractivity contribution in [2.24, 2.45) is 5.73 Å². The Morgan fingerprint density at radius 2 is 1.92 bits per heavy atom. The third kappa shape index (κ3) is 4.45. The van der Waals surface area contributed by atoms with Crippen molar-refractivity contribution in [3.63, 3.8) is 0 Å². The van der Waals surface area contributed by atoms with Crippen molar-refractivity contribution in [1.29, 1.82) is 0 Å². The quantitative estimate of drug-likeness (QED) is 0.840. The van der Waals surface area contributed by atoms with Crippen LogP contribution in [0, 0.1) is 13.8 Å². The fourth-order valence-corrected chi connectivity index (χ4v) is 1.01. The first kappa shape index (κ1) is 15.2. The Morgan fingerprint density at radius 1 is 1.31 bits per heavy atom. The minimum atomic E-state index is 0. The molecule has 0 saturated carbocycles. The average molecular weight is 227 g/mol. The second kappa shape index (κ2) is 7.12. The monoisotopic (exact) mass is 226 g/mol. The van der Waals surface area contributed by atoms with Gasteiger partial charge in [-0.05, 0) is 26.8 Å². The van der Waals surface area contributed by atoms with Crippen LogP contribution >= 0.6 is 24.8 Å². The smallest absolute Gasteiger partial charge is 0.147 e. The minimum absolute atomic E-state index is 0. The molecule has 0 unspecified atom stereocenters. The second-order valence-electron chi connectivity index (χ2n) is 2.57. The predicted molar refractivity (Wildman–Crippen MR) is 57.7 cm³/mol. The minimum Gasteiger partial charge on any atom is -0.330 e. The van der Waals surface area contributed by atoms with Crippen LogP contribution < -0.4 is 5.73 Å². The van der Waals surface area contributed by atoms with E-state index in [-0.39, 0.29) is 24.8 Å². The molecule has 1 aromatic rings. The Morgan fingerprint density at radius 3 is 2.31 bits per heavy atom. The highest BCUT2D eigenvalue weighted by Crippen LogP contribution is 1.96. The molecule has 13 heavy (non-hydrogen) atoms. The van der Waals surface area contributed by atoms with E-state index in [9.17, 15) is 0 Å². The number of halogens is 2. The lowest BCUT2D eigenvalue weighted by Gasteiger charge is -1.99. The lowest BCUT2D eigenvalue weighted by atomic mass is 10.4. The van der Waals surface area contributed by atoms with Gasteiger partial charge in [0.15, 0.2) is 0 Å². The van der Waals surface area contributed by atoms with Crippen molar-refractivity contribution in [3.8, 4) is 0 Å². The fraction of sp³-hybridized carbons (Fsp3) is 0.714. The summed E-state index contributed by atoms with van der Waals surface area (Å²) in [5.41, 5.74) is 5.37. The molecule has 1 rings (SSSR count). The van der Waals surface area contributed by atoms with Crippen molar-refractivity contribution in [2.75, 3.05) is 6.54 Å². The number of nitrogens with zero attached hydrogens (tertiary/aromatic N) is 3. The van der Waals surface area contributed by atoms with Crippen LogP contribution in [0.25, 0.3) is 0 Å².